The predicted molar refractivity (Wildman–Crippen MR) is 107 cm³/mol. The van der Waals surface area contributed by atoms with E-state index in [0.717, 1.165) is 51.7 Å². The molecule has 0 radical (unpaired) electrons. The van der Waals surface area contributed by atoms with Gasteiger partial charge in [0.2, 0.25) is 0 Å². The van der Waals surface area contributed by atoms with Crippen molar-refractivity contribution in [3.05, 3.63) is 43.7 Å². The van der Waals surface area contributed by atoms with Crippen LogP contribution in [0.1, 0.15) is 44.8 Å². The van der Waals surface area contributed by atoms with Gasteiger partial charge in [-0.2, -0.15) is 0 Å². The maximum Gasteiger partial charge on any atom is 0.262 e. The van der Waals surface area contributed by atoms with Crippen LogP contribution in [0.2, 0.25) is 0 Å². The highest BCUT2D eigenvalue weighted by Crippen LogP contribution is 2.38. The second-order valence-corrected chi connectivity index (χ2v) is 8.47. The molecule has 1 aromatic carbocycles. The summed E-state index contributed by atoms with van der Waals surface area (Å²) < 4.78 is 6.50. The van der Waals surface area contributed by atoms with E-state index in [2.05, 4.69) is 21.2 Å². The summed E-state index contributed by atoms with van der Waals surface area (Å²) in [5, 5.41) is 3.35. The largest absolute Gasteiger partial charge is 0.482 e. The maximum atomic E-state index is 12.4. The summed E-state index contributed by atoms with van der Waals surface area (Å²) in [6.45, 7) is 3.80. The standard InChI is InChI=1S/C19H21BrN2O3S/c1-10-7-11(2)17(13(20)8-10)25-9-15(23)22-19-16(18(21)24)12-5-3-4-6-14(12)26-19/h7-8H,3-6,9H2,1-2H3,(H2,21,24)(H,22,23). The molecule has 0 unspecified atom stereocenters. The van der Waals surface area contributed by atoms with E-state index in [1.54, 1.807) is 0 Å². The molecule has 1 aliphatic rings. The summed E-state index contributed by atoms with van der Waals surface area (Å²) in [5.41, 5.74) is 9.09. The Bertz CT molecular complexity index is 853. The summed E-state index contributed by atoms with van der Waals surface area (Å²) in [5.74, 6) is -0.151. The van der Waals surface area contributed by atoms with Crippen molar-refractivity contribution >= 4 is 44.1 Å². The molecule has 0 spiro atoms. The number of aryl methyl sites for hydroxylation is 3. The zero-order valence-electron chi connectivity index (χ0n) is 14.8. The fraction of sp³-hybridized carbons (Fsp3) is 0.368. The van der Waals surface area contributed by atoms with Gasteiger partial charge in [0.15, 0.2) is 6.61 Å². The van der Waals surface area contributed by atoms with Gasteiger partial charge in [0.05, 0.1) is 10.0 Å². The molecule has 3 rings (SSSR count). The number of nitrogens with one attached hydrogen (secondary N) is 1. The molecule has 5 nitrogen and oxygen atoms in total. The quantitative estimate of drug-likeness (QED) is 0.739. The minimum atomic E-state index is -0.488. The van der Waals surface area contributed by atoms with Gasteiger partial charge in [0, 0.05) is 4.88 Å². The normalized spacial score (nSPS) is 13.2. The van der Waals surface area contributed by atoms with Gasteiger partial charge >= 0.3 is 0 Å². The van der Waals surface area contributed by atoms with Crippen LogP contribution in [0, 0.1) is 13.8 Å². The van der Waals surface area contributed by atoms with Crippen molar-refractivity contribution in [3.63, 3.8) is 0 Å². The van der Waals surface area contributed by atoms with Crippen molar-refractivity contribution in [2.75, 3.05) is 11.9 Å². The fourth-order valence-corrected chi connectivity index (χ4v) is 5.40. The van der Waals surface area contributed by atoms with Crippen molar-refractivity contribution in [1.82, 2.24) is 0 Å². The molecule has 1 aromatic heterocycles. The van der Waals surface area contributed by atoms with Crippen LogP contribution >= 0.6 is 27.3 Å². The van der Waals surface area contributed by atoms with Gasteiger partial charge in [-0.25, -0.2) is 0 Å². The minimum absolute atomic E-state index is 0.136. The van der Waals surface area contributed by atoms with Crippen molar-refractivity contribution < 1.29 is 14.3 Å². The summed E-state index contributed by atoms with van der Waals surface area (Å²) in [4.78, 5) is 25.4. The van der Waals surface area contributed by atoms with Crippen LogP contribution in [0.15, 0.2) is 16.6 Å². The number of carbonyl (C=O) groups is 2. The van der Waals surface area contributed by atoms with Gasteiger partial charge < -0.3 is 15.8 Å². The molecule has 2 amide bonds. The van der Waals surface area contributed by atoms with Crippen molar-refractivity contribution in [3.8, 4) is 5.75 Å². The minimum Gasteiger partial charge on any atom is -0.482 e. The van der Waals surface area contributed by atoms with Crippen LogP contribution < -0.4 is 15.8 Å². The van der Waals surface area contributed by atoms with Crippen LogP contribution in [-0.2, 0) is 17.6 Å². The Balaban J connectivity index is 1.73. The van der Waals surface area contributed by atoms with Gasteiger partial charge in [-0.1, -0.05) is 6.07 Å². The molecule has 0 saturated carbocycles. The number of hydrogen-bond acceptors (Lipinski definition) is 4. The average Bonchev–Trinajstić information content (AvgIpc) is 2.91. The number of carbonyl (C=O) groups excluding carboxylic acids is 2. The predicted octanol–water partition coefficient (Wildman–Crippen LogP) is 4.12. The van der Waals surface area contributed by atoms with Crippen molar-refractivity contribution in [1.29, 1.82) is 0 Å². The SMILES string of the molecule is Cc1cc(C)c(OCC(=O)Nc2sc3c(c2C(N)=O)CCCC3)c(Br)c1. The van der Waals surface area contributed by atoms with E-state index in [1.165, 1.54) is 11.3 Å². The van der Waals surface area contributed by atoms with Crippen LogP contribution in [0.4, 0.5) is 5.00 Å². The first-order valence-electron chi connectivity index (χ1n) is 8.50. The number of thiophene rings is 1. The number of amides is 2. The molecule has 0 bridgehead atoms. The summed E-state index contributed by atoms with van der Waals surface area (Å²) >= 11 is 4.92. The van der Waals surface area contributed by atoms with Gasteiger partial charge in [0.1, 0.15) is 10.8 Å². The zero-order valence-corrected chi connectivity index (χ0v) is 17.2. The van der Waals surface area contributed by atoms with E-state index >= 15 is 0 Å². The first-order valence-corrected chi connectivity index (χ1v) is 10.1. The highest BCUT2D eigenvalue weighted by Gasteiger charge is 2.25. The highest BCUT2D eigenvalue weighted by molar-refractivity contribution is 9.10. The third-order valence-corrected chi connectivity index (χ3v) is 6.19. The Kier molecular flexibility index (Phi) is 5.67. The topological polar surface area (TPSA) is 81.4 Å². The lowest BCUT2D eigenvalue weighted by Crippen LogP contribution is -2.22. The fourth-order valence-electron chi connectivity index (χ4n) is 3.30. The molecule has 138 valence electrons. The Morgan fingerprint density at radius 2 is 2.00 bits per heavy atom. The smallest absolute Gasteiger partial charge is 0.262 e. The molecule has 1 aliphatic carbocycles. The lowest BCUT2D eigenvalue weighted by Gasteiger charge is -2.12. The maximum absolute atomic E-state index is 12.4. The average molecular weight is 437 g/mol. The van der Waals surface area contributed by atoms with E-state index in [-0.39, 0.29) is 12.5 Å². The van der Waals surface area contributed by atoms with Crippen LogP contribution in [0.3, 0.4) is 0 Å². The molecular weight excluding hydrogens is 416 g/mol. The molecule has 0 atom stereocenters. The number of fused-ring (bicyclic) bond motifs is 1. The van der Waals surface area contributed by atoms with E-state index in [1.807, 2.05) is 26.0 Å². The van der Waals surface area contributed by atoms with Crippen LogP contribution in [0.25, 0.3) is 0 Å². The number of primary amides is 1. The van der Waals surface area contributed by atoms with E-state index in [0.29, 0.717) is 16.3 Å². The molecule has 0 saturated heterocycles. The summed E-state index contributed by atoms with van der Waals surface area (Å²) in [6.07, 6.45) is 3.92. The second kappa shape index (κ2) is 7.80. The molecule has 3 N–H and O–H groups in total. The number of hydrogen-bond donors (Lipinski definition) is 2. The lowest BCUT2D eigenvalue weighted by molar-refractivity contribution is -0.118. The number of ether oxygens (including phenoxy) is 1. The lowest BCUT2D eigenvalue weighted by atomic mass is 9.95. The van der Waals surface area contributed by atoms with E-state index in [9.17, 15) is 9.59 Å². The third kappa shape index (κ3) is 3.94. The van der Waals surface area contributed by atoms with Gasteiger partial charge in [0.25, 0.3) is 11.8 Å². The van der Waals surface area contributed by atoms with Crippen LogP contribution in [0.5, 0.6) is 5.75 Å². The number of rotatable bonds is 5. The molecule has 26 heavy (non-hydrogen) atoms. The summed E-state index contributed by atoms with van der Waals surface area (Å²) in [6, 6.07) is 3.94. The van der Waals surface area contributed by atoms with Gasteiger partial charge in [-0.3, -0.25) is 9.59 Å². The van der Waals surface area contributed by atoms with Crippen LogP contribution in [-0.4, -0.2) is 18.4 Å². The number of benzene rings is 1. The van der Waals surface area contributed by atoms with Crippen molar-refractivity contribution in [2.24, 2.45) is 5.73 Å². The molecule has 0 aliphatic heterocycles. The Labute approximate surface area is 165 Å². The molecule has 0 fully saturated rings. The third-order valence-electron chi connectivity index (χ3n) is 4.39. The van der Waals surface area contributed by atoms with Gasteiger partial charge in [-0.15, -0.1) is 11.3 Å². The highest BCUT2D eigenvalue weighted by atomic mass is 79.9. The monoisotopic (exact) mass is 436 g/mol. The first-order chi connectivity index (χ1) is 12.4. The number of nitrogens with two attached hydrogens (primary N) is 1. The molecule has 1 heterocycles. The summed E-state index contributed by atoms with van der Waals surface area (Å²) in [7, 11) is 0. The molecule has 2 aromatic rings. The van der Waals surface area contributed by atoms with Gasteiger partial charge in [-0.05, 0) is 78.2 Å². The molecule has 7 heteroatoms. The van der Waals surface area contributed by atoms with Crippen molar-refractivity contribution in [2.45, 2.75) is 39.5 Å². The Morgan fingerprint density at radius 1 is 1.27 bits per heavy atom. The number of anilines is 1. The zero-order chi connectivity index (χ0) is 18.8. The van der Waals surface area contributed by atoms with E-state index in [4.69, 9.17) is 10.5 Å². The Hall–Kier alpha value is -1.86. The molecular formula is C19H21BrN2O3S. The Morgan fingerprint density at radius 3 is 2.69 bits per heavy atom. The number of halogens is 1. The first kappa shape index (κ1) is 18.9. The second-order valence-electron chi connectivity index (χ2n) is 6.51. The van der Waals surface area contributed by atoms with E-state index < -0.39 is 5.91 Å².